The van der Waals surface area contributed by atoms with Crippen LogP contribution in [0.15, 0.2) is 24.4 Å². The van der Waals surface area contributed by atoms with Crippen LogP contribution < -0.4 is 4.57 Å². The maximum atomic E-state index is 5.99. The fraction of sp³-hybridized carbons (Fsp3) is 0.643. The van der Waals surface area contributed by atoms with E-state index in [1.54, 1.807) is 0 Å². The average molecular weight is 222 g/mol. The number of pyridine rings is 1. The van der Waals surface area contributed by atoms with E-state index in [0.717, 1.165) is 0 Å². The van der Waals surface area contributed by atoms with Crippen LogP contribution in [0.5, 0.6) is 0 Å². The van der Waals surface area contributed by atoms with Gasteiger partial charge in [-0.1, -0.05) is 0 Å². The van der Waals surface area contributed by atoms with Crippen LogP contribution in [0.2, 0.25) is 0 Å². The van der Waals surface area contributed by atoms with Crippen LogP contribution in [-0.4, -0.2) is 6.10 Å². The summed E-state index contributed by atoms with van der Waals surface area (Å²) < 4.78 is 8.26. The average Bonchev–Trinajstić information content (AvgIpc) is 2.15. The van der Waals surface area contributed by atoms with Crippen LogP contribution >= 0.6 is 0 Å². The van der Waals surface area contributed by atoms with Crippen LogP contribution in [0.4, 0.5) is 0 Å². The minimum Gasteiger partial charge on any atom is -0.362 e. The molecule has 1 aromatic rings. The highest BCUT2D eigenvalue weighted by Crippen LogP contribution is 2.23. The Balaban J connectivity index is 3.11. The van der Waals surface area contributed by atoms with Crippen molar-refractivity contribution < 1.29 is 9.30 Å². The number of ether oxygens (including phenoxy) is 1. The van der Waals surface area contributed by atoms with Gasteiger partial charge in [-0.25, -0.2) is 0 Å². The molecule has 16 heavy (non-hydrogen) atoms. The van der Waals surface area contributed by atoms with E-state index < -0.39 is 0 Å². The largest absolute Gasteiger partial charge is 0.362 e. The smallest absolute Gasteiger partial charge is 0.213 e. The van der Waals surface area contributed by atoms with Crippen molar-refractivity contribution in [3.8, 4) is 0 Å². The first kappa shape index (κ1) is 13.2. The lowest BCUT2D eigenvalue weighted by molar-refractivity contribution is -0.729. The van der Waals surface area contributed by atoms with Crippen molar-refractivity contribution in [3.63, 3.8) is 0 Å². The third-order valence-electron chi connectivity index (χ3n) is 2.59. The van der Waals surface area contributed by atoms with E-state index in [2.05, 4.69) is 70.5 Å². The summed E-state index contributed by atoms with van der Waals surface area (Å²) in [4.78, 5) is 0. The highest BCUT2D eigenvalue weighted by molar-refractivity contribution is 5.05. The monoisotopic (exact) mass is 222 g/mol. The number of hydrogen-bond acceptors (Lipinski definition) is 1. The summed E-state index contributed by atoms with van der Waals surface area (Å²) in [6, 6.07) is 6.73. The lowest BCUT2D eigenvalue weighted by Gasteiger charge is -2.26. The van der Waals surface area contributed by atoms with E-state index >= 15 is 0 Å². The molecule has 0 saturated carbocycles. The molecule has 0 unspecified atom stereocenters. The van der Waals surface area contributed by atoms with Gasteiger partial charge in [0.25, 0.3) is 0 Å². The van der Waals surface area contributed by atoms with Gasteiger partial charge in [-0.05, 0) is 47.6 Å². The molecule has 0 atom stereocenters. The van der Waals surface area contributed by atoms with E-state index in [9.17, 15) is 0 Å². The normalized spacial score (nSPS) is 12.5. The zero-order chi connectivity index (χ0) is 12.3. The molecule has 0 N–H and O–H groups in total. The fourth-order valence-corrected chi connectivity index (χ4v) is 2.07. The number of hydrogen-bond donors (Lipinski definition) is 0. The Morgan fingerprint density at radius 2 is 1.75 bits per heavy atom. The van der Waals surface area contributed by atoms with Gasteiger partial charge < -0.3 is 4.74 Å². The minimum atomic E-state index is -0.250. The molecule has 1 aromatic heterocycles. The van der Waals surface area contributed by atoms with E-state index in [0.29, 0.717) is 6.04 Å². The SMILES string of the molecule is CC(C)OC(C)(C)c1cccc[n+]1C(C)C. The van der Waals surface area contributed by atoms with Crippen LogP contribution in [0.25, 0.3) is 0 Å². The van der Waals surface area contributed by atoms with Gasteiger partial charge in [0.15, 0.2) is 12.2 Å². The number of aromatic nitrogens is 1. The second-order valence-electron chi connectivity index (χ2n) is 5.26. The second-order valence-corrected chi connectivity index (χ2v) is 5.26. The molecule has 0 saturated heterocycles. The predicted octanol–water partition coefficient (Wildman–Crippen LogP) is 3.22. The van der Waals surface area contributed by atoms with Crippen LogP contribution in [-0.2, 0) is 10.3 Å². The van der Waals surface area contributed by atoms with E-state index in [-0.39, 0.29) is 11.7 Å². The Kier molecular flexibility index (Phi) is 4.09. The fourth-order valence-electron chi connectivity index (χ4n) is 2.07. The Bertz CT molecular complexity index is 342. The van der Waals surface area contributed by atoms with E-state index in [1.807, 2.05) is 0 Å². The van der Waals surface area contributed by atoms with Crippen LogP contribution in [0, 0.1) is 0 Å². The lowest BCUT2D eigenvalue weighted by Crippen LogP contribution is -2.46. The van der Waals surface area contributed by atoms with Crippen molar-refractivity contribution in [1.29, 1.82) is 0 Å². The Hall–Kier alpha value is -0.890. The van der Waals surface area contributed by atoms with Crippen molar-refractivity contribution >= 4 is 0 Å². The first-order valence-electron chi connectivity index (χ1n) is 6.03. The molecule has 1 rings (SSSR count). The summed E-state index contributed by atoms with van der Waals surface area (Å²) in [5.41, 5.74) is 0.971. The molecule has 0 bridgehead atoms. The molecule has 0 aliphatic rings. The van der Waals surface area contributed by atoms with Crippen LogP contribution in [0.3, 0.4) is 0 Å². The summed E-state index contributed by atoms with van der Waals surface area (Å²) in [7, 11) is 0. The lowest BCUT2D eigenvalue weighted by atomic mass is 10.0. The molecule has 0 aliphatic carbocycles. The Morgan fingerprint density at radius 3 is 2.25 bits per heavy atom. The molecule has 0 fully saturated rings. The molecule has 2 nitrogen and oxygen atoms in total. The Labute approximate surface area is 99.3 Å². The van der Waals surface area contributed by atoms with Crippen LogP contribution in [0.1, 0.15) is 53.3 Å². The predicted molar refractivity (Wildman–Crippen MR) is 66.3 cm³/mol. The van der Waals surface area contributed by atoms with E-state index in [1.165, 1.54) is 5.69 Å². The van der Waals surface area contributed by atoms with Gasteiger partial charge >= 0.3 is 0 Å². The van der Waals surface area contributed by atoms with Crippen molar-refractivity contribution in [2.75, 3.05) is 0 Å². The standard InChI is InChI=1S/C14H24NO/c1-11(2)15-10-8-7-9-13(15)14(5,6)16-12(3)4/h7-12H,1-6H3/q+1. The number of nitrogens with zero attached hydrogens (tertiary/aromatic N) is 1. The molecular formula is C14H24NO+. The number of rotatable bonds is 4. The highest BCUT2D eigenvalue weighted by Gasteiger charge is 2.32. The van der Waals surface area contributed by atoms with Gasteiger partial charge in [-0.15, -0.1) is 0 Å². The summed E-state index contributed by atoms with van der Waals surface area (Å²) in [5.74, 6) is 0. The second kappa shape index (κ2) is 4.96. The molecule has 0 aromatic carbocycles. The Morgan fingerprint density at radius 1 is 1.12 bits per heavy atom. The molecule has 90 valence electrons. The zero-order valence-electron chi connectivity index (χ0n) is 11.3. The van der Waals surface area contributed by atoms with Crippen molar-refractivity contribution in [1.82, 2.24) is 0 Å². The molecular weight excluding hydrogens is 198 g/mol. The first-order chi connectivity index (χ1) is 7.34. The maximum Gasteiger partial charge on any atom is 0.213 e. The van der Waals surface area contributed by atoms with Gasteiger partial charge in [0, 0.05) is 12.1 Å². The van der Waals surface area contributed by atoms with Gasteiger partial charge in [-0.2, -0.15) is 4.57 Å². The summed E-state index contributed by atoms with van der Waals surface area (Å²) in [5, 5.41) is 0. The molecule has 0 radical (unpaired) electrons. The maximum absolute atomic E-state index is 5.99. The van der Waals surface area contributed by atoms with Crippen molar-refractivity contribution in [2.45, 2.75) is 59.3 Å². The first-order valence-corrected chi connectivity index (χ1v) is 6.03. The third-order valence-corrected chi connectivity index (χ3v) is 2.59. The van der Waals surface area contributed by atoms with Gasteiger partial charge in [0.05, 0.1) is 6.10 Å². The quantitative estimate of drug-likeness (QED) is 0.713. The van der Waals surface area contributed by atoms with E-state index in [4.69, 9.17) is 4.74 Å². The van der Waals surface area contributed by atoms with Gasteiger partial charge in [0.1, 0.15) is 5.60 Å². The van der Waals surface area contributed by atoms with Gasteiger partial charge in [0.2, 0.25) is 5.69 Å². The molecule has 2 heteroatoms. The summed E-state index contributed by atoms with van der Waals surface area (Å²) >= 11 is 0. The molecule has 0 spiro atoms. The van der Waals surface area contributed by atoms with Crippen molar-refractivity contribution in [2.24, 2.45) is 0 Å². The zero-order valence-corrected chi connectivity index (χ0v) is 11.3. The highest BCUT2D eigenvalue weighted by atomic mass is 16.5. The minimum absolute atomic E-state index is 0.232. The molecule has 0 aliphatic heterocycles. The molecule has 0 amide bonds. The molecule has 1 heterocycles. The third kappa shape index (κ3) is 3.05. The van der Waals surface area contributed by atoms with Gasteiger partial charge in [-0.3, -0.25) is 0 Å². The topological polar surface area (TPSA) is 13.1 Å². The summed E-state index contributed by atoms with van der Waals surface area (Å²) in [6.45, 7) is 12.8. The van der Waals surface area contributed by atoms with Crippen molar-refractivity contribution in [3.05, 3.63) is 30.1 Å². The summed E-state index contributed by atoms with van der Waals surface area (Å²) in [6.07, 6.45) is 2.35.